The van der Waals surface area contributed by atoms with Crippen LogP contribution in [0.1, 0.15) is 5.56 Å². The van der Waals surface area contributed by atoms with Gasteiger partial charge in [-0.25, -0.2) is 8.42 Å². The van der Waals surface area contributed by atoms with Crippen molar-refractivity contribution >= 4 is 31.8 Å². The summed E-state index contributed by atoms with van der Waals surface area (Å²) in [5, 5.41) is 4.60. The van der Waals surface area contributed by atoms with E-state index in [1.165, 1.54) is 10.9 Å². The first-order chi connectivity index (χ1) is 8.53. The Labute approximate surface area is 114 Å². The van der Waals surface area contributed by atoms with Crippen LogP contribution in [0.4, 0.5) is 5.82 Å². The van der Waals surface area contributed by atoms with Crippen molar-refractivity contribution in [3.8, 4) is 0 Å². The fourth-order valence-corrected chi connectivity index (χ4v) is 2.89. The van der Waals surface area contributed by atoms with Gasteiger partial charge >= 0.3 is 0 Å². The number of halogens is 1. The predicted molar refractivity (Wildman–Crippen MR) is 73.1 cm³/mol. The third-order valence-corrected chi connectivity index (χ3v) is 4.47. The van der Waals surface area contributed by atoms with Gasteiger partial charge in [-0.3, -0.25) is 9.40 Å². The van der Waals surface area contributed by atoms with Crippen LogP contribution >= 0.6 is 15.9 Å². The second kappa shape index (κ2) is 5.11. The van der Waals surface area contributed by atoms with Gasteiger partial charge in [0.15, 0.2) is 0 Å². The maximum atomic E-state index is 12.1. The summed E-state index contributed by atoms with van der Waals surface area (Å²) >= 11 is 3.31. The van der Waals surface area contributed by atoms with Crippen molar-refractivity contribution in [1.29, 1.82) is 0 Å². The molecule has 7 heteroatoms. The second-order valence-electron chi connectivity index (χ2n) is 3.72. The Balaban J connectivity index is 2.28. The lowest BCUT2D eigenvalue weighted by Gasteiger charge is -2.08. The van der Waals surface area contributed by atoms with Gasteiger partial charge in [0.05, 0.1) is 11.1 Å². The molecule has 1 heterocycles. The van der Waals surface area contributed by atoms with Crippen LogP contribution in [0.15, 0.2) is 41.4 Å². The van der Waals surface area contributed by atoms with Crippen LogP contribution in [0.5, 0.6) is 0 Å². The molecule has 0 bridgehead atoms. The maximum absolute atomic E-state index is 12.1. The average Bonchev–Trinajstić information content (AvgIpc) is 2.74. The Morgan fingerprint density at radius 1 is 1.28 bits per heavy atom. The van der Waals surface area contributed by atoms with Crippen molar-refractivity contribution in [2.24, 2.45) is 7.05 Å². The first-order valence-corrected chi connectivity index (χ1v) is 7.79. The highest BCUT2D eigenvalue weighted by atomic mass is 79.9. The number of hydrogen-bond donors (Lipinski definition) is 1. The highest BCUT2D eigenvalue weighted by Crippen LogP contribution is 2.16. The molecule has 0 spiro atoms. The molecule has 0 atom stereocenters. The molecule has 0 aliphatic heterocycles. The summed E-state index contributed by atoms with van der Waals surface area (Å²) in [7, 11) is -1.88. The molecule has 5 nitrogen and oxygen atoms in total. The molecule has 0 radical (unpaired) electrons. The van der Waals surface area contributed by atoms with Gasteiger partial charge in [-0.1, -0.05) is 28.1 Å². The summed E-state index contributed by atoms with van der Waals surface area (Å²) in [5.74, 6) is 0.430. The second-order valence-corrected chi connectivity index (χ2v) is 5.97. The molecule has 0 saturated heterocycles. The third-order valence-electron chi connectivity index (χ3n) is 2.45. The lowest BCUT2D eigenvalue weighted by atomic mass is 10.2. The van der Waals surface area contributed by atoms with Gasteiger partial charge in [-0.2, -0.15) is 5.10 Å². The molecule has 1 N–H and O–H groups in total. The van der Waals surface area contributed by atoms with Crippen molar-refractivity contribution in [3.63, 3.8) is 0 Å². The fraction of sp³-hybridized carbons (Fsp3) is 0.182. The Morgan fingerprint density at radius 2 is 1.94 bits per heavy atom. The molecular formula is C11H12BrN3O2S. The van der Waals surface area contributed by atoms with Crippen molar-refractivity contribution in [2.75, 3.05) is 4.72 Å². The molecular weight excluding hydrogens is 318 g/mol. The van der Waals surface area contributed by atoms with E-state index >= 15 is 0 Å². The Bertz CT molecular complexity index is 635. The number of rotatable bonds is 4. The van der Waals surface area contributed by atoms with E-state index in [0.29, 0.717) is 11.1 Å². The summed E-state index contributed by atoms with van der Waals surface area (Å²) in [6.07, 6.45) is 1.53. The summed E-state index contributed by atoms with van der Waals surface area (Å²) in [6.45, 7) is 0. The molecule has 0 amide bonds. The van der Waals surface area contributed by atoms with E-state index in [1.54, 1.807) is 37.4 Å². The number of sulfonamides is 1. The molecule has 18 heavy (non-hydrogen) atoms. The standard InChI is InChI=1S/C11H12BrN3O2S/c1-15-11(6-7-13-15)14-18(16,17)10-4-2-9(8-12)3-5-10/h2-7,14H,8H2,1H3. The van der Waals surface area contributed by atoms with Crippen molar-refractivity contribution < 1.29 is 8.42 Å². The summed E-state index contributed by atoms with van der Waals surface area (Å²) in [6, 6.07) is 8.30. The zero-order valence-corrected chi connectivity index (χ0v) is 12.1. The zero-order valence-electron chi connectivity index (χ0n) is 9.67. The smallest absolute Gasteiger partial charge is 0.263 e. The van der Waals surface area contributed by atoms with Gasteiger partial charge in [-0.05, 0) is 17.7 Å². The number of hydrogen-bond acceptors (Lipinski definition) is 3. The van der Waals surface area contributed by atoms with Crippen LogP contribution in [0.2, 0.25) is 0 Å². The Kier molecular flexibility index (Phi) is 3.72. The van der Waals surface area contributed by atoms with E-state index < -0.39 is 10.0 Å². The minimum absolute atomic E-state index is 0.230. The summed E-state index contributed by atoms with van der Waals surface area (Å²) < 4.78 is 28.1. The molecule has 0 aliphatic carbocycles. The van der Waals surface area contributed by atoms with E-state index in [-0.39, 0.29) is 4.90 Å². The van der Waals surface area contributed by atoms with Gasteiger partial charge in [0.2, 0.25) is 0 Å². The monoisotopic (exact) mass is 329 g/mol. The number of aromatic nitrogens is 2. The average molecular weight is 330 g/mol. The largest absolute Gasteiger partial charge is 0.264 e. The molecule has 2 aromatic rings. The number of anilines is 1. The number of alkyl halides is 1. The van der Waals surface area contributed by atoms with Crippen LogP contribution in [-0.4, -0.2) is 18.2 Å². The normalized spacial score (nSPS) is 11.4. The minimum Gasteiger partial charge on any atom is -0.264 e. The lowest BCUT2D eigenvalue weighted by Crippen LogP contribution is -2.15. The SMILES string of the molecule is Cn1nccc1NS(=O)(=O)c1ccc(CBr)cc1. The van der Waals surface area contributed by atoms with Crippen molar-refractivity contribution in [1.82, 2.24) is 9.78 Å². The lowest BCUT2D eigenvalue weighted by molar-refractivity contribution is 0.600. The van der Waals surface area contributed by atoms with E-state index in [4.69, 9.17) is 0 Å². The molecule has 0 unspecified atom stereocenters. The van der Waals surface area contributed by atoms with Crippen molar-refractivity contribution in [3.05, 3.63) is 42.1 Å². The van der Waals surface area contributed by atoms with Crippen LogP contribution in [0.25, 0.3) is 0 Å². The molecule has 1 aromatic heterocycles. The quantitative estimate of drug-likeness (QED) is 0.874. The molecule has 0 saturated carbocycles. The van der Waals surface area contributed by atoms with Gasteiger partial charge < -0.3 is 0 Å². The predicted octanol–water partition coefficient (Wildman–Crippen LogP) is 2.12. The summed E-state index contributed by atoms with van der Waals surface area (Å²) in [4.78, 5) is 0.230. The van der Waals surface area contributed by atoms with E-state index in [0.717, 1.165) is 5.56 Å². The topological polar surface area (TPSA) is 64.0 Å². The summed E-state index contributed by atoms with van der Waals surface area (Å²) in [5.41, 5.74) is 1.02. The van der Waals surface area contributed by atoms with E-state index in [1.807, 2.05) is 0 Å². The minimum atomic E-state index is -3.56. The van der Waals surface area contributed by atoms with Crippen molar-refractivity contribution in [2.45, 2.75) is 10.2 Å². The first kappa shape index (κ1) is 13.1. The highest BCUT2D eigenvalue weighted by Gasteiger charge is 2.15. The number of aryl methyl sites for hydroxylation is 1. The molecule has 1 aromatic carbocycles. The number of benzene rings is 1. The van der Waals surface area contributed by atoms with Crippen LogP contribution in [0, 0.1) is 0 Å². The number of nitrogens with zero attached hydrogens (tertiary/aromatic N) is 2. The molecule has 0 fully saturated rings. The first-order valence-electron chi connectivity index (χ1n) is 5.18. The van der Waals surface area contributed by atoms with Gasteiger partial charge in [-0.15, -0.1) is 0 Å². The Morgan fingerprint density at radius 3 is 2.44 bits per heavy atom. The van der Waals surface area contributed by atoms with Crippen LogP contribution in [-0.2, 0) is 22.4 Å². The zero-order chi connectivity index (χ0) is 13.2. The number of nitrogens with one attached hydrogen (secondary N) is 1. The van der Waals surface area contributed by atoms with Gasteiger partial charge in [0, 0.05) is 18.4 Å². The van der Waals surface area contributed by atoms with E-state index in [2.05, 4.69) is 25.8 Å². The third kappa shape index (κ3) is 2.73. The fourth-order valence-electron chi connectivity index (χ4n) is 1.43. The molecule has 2 rings (SSSR count). The maximum Gasteiger partial charge on any atom is 0.263 e. The van der Waals surface area contributed by atoms with Gasteiger partial charge in [0.1, 0.15) is 5.82 Å². The van der Waals surface area contributed by atoms with Crippen LogP contribution < -0.4 is 4.72 Å². The molecule has 0 aliphatic rings. The molecule has 96 valence electrons. The van der Waals surface area contributed by atoms with E-state index in [9.17, 15) is 8.42 Å². The highest BCUT2D eigenvalue weighted by molar-refractivity contribution is 9.08. The Hall–Kier alpha value is -1.34. The van der Waals surface area contributed by atoms with Crippen LogP contribution in [0.3, 0.4) is 0 Å². The van der Waals surface area contributed by atoms with Gasteiger partial charge in [0.25, 0.3) is 10.0 Å².